The predicted octanol–water partition coefficient (Wildman–Crippen LogP) is 1.24. The van der Waals surface area contributed by atoms with Gasteiger partial charge in [0.05, 0.1) is 17.9 Å². The molecule has 0 fully saturated rings. The lowest BCUT2D eigenvalue weighted by Gasteiger charge is -2.15. The number of carbonyl (C=O) groups is 1. The summed E-state index contributed by atoms with van der Waals surface area (Å²) in [5, 5.41) is 15.9. The highest BCUT2D eigenvalue weighted by molar-refractivity contribution is 5.79. The number of aryl methyl sites for hydroxylation is 4. The minimum absolute atomic E-state index is 0.276. The van der Waals surface area contributed by atoms with Gasteiger partial charge in [-0.05, 0) is 52.8 Å². The third-order valence-electron chi connectivity index (χ3n) is 4.51. The van der Waals surface area contributed by atoms with E-state index in [9.17, 15) is 9.59 Å². The number of aromatic nitrogens is 6. The fourth-order valence-electron chi connectivity index (χ4n) is 3.11. The summed E-state index contributed by atoms with van der Waals surface area (Å²) < 4.78 is 4.68. The van der Waals surface area contributed by atoms with Gasteiger partial charge >= 0.3 is 0 Å². The summed E-state index contributed by atoms with van der Waals surface area (Å²) in [5.74, 6) is 0.217. The van der Waals surface area contributed by atoms with Gasteiger partial charge in [0.15, 0.2) is 5.82 Å². The summed E-state index contributed by atoms with van der Waals surface area (Å²) in [5.41, 5.74) is 3.39. The first kappa shape index (κ1) is 19.5. The van der Waals surface area contributed by atoms with Crippen molar-refractivity contribution >= 4 is 5.91 Å². The van der Waals surface area contributed by atoms with Gasteiger partial charge in [-0.2, -0.15) is 10.2 Å². The molecule has 0 aliphatic carbocycles. The van der Waals surface area contributed by atoms with E-state index < -0.39 is 6.04 Å². The molecule has 1 amide bonds. The smallest absolute Gasteiger partial charge is 0.267 e. The van der Waals surface area contributed by atoms with Crippen molar-refractivity contribution in [2.75, 3.05) is 6.54 Å². The van der Waals surface area contributed by atoms with Gasteiger partial charge in [0.2, 0.25) is 5.91 Å². The van der Waals surface area contributed by atoms with Crippen molar-refractivity contribution in [3.05, 3.63) is 57.4 Å². The summed E-state index contributed by atoms with van der Waals surface area (Å²) >= 11 is 0. The van der Waals surface area contributed by atoms with Crippen LogP contribution in [0, 0.1) is 27.7 Å². The molecule has 1 N–H and O–H groups in total. The molecule has 3 heterocycles. The second kappa shape index (κ2) is 7.79. The molecule has 0 spiro atoms. The number of nitrogens with one attached hydrogen (secondary N) is 1. The van der Waals surface area contributed by atoms with Gasteiger partial charge in [-0.15, -0.1) is 5.10 Å². The Bertz CT molecular complexity index is 1060. The third-order valence-corrected chi connectivity index (χ3v) is 4.51. The minimum Gasteiger partial charge on any atom is -0.352 e. The molecule has 148 valence electrons. The fourth-order valence-corrected chi connectivity index (χ4v) is 3.11. The molecule has 0 radical (unpaired) electrons. The van der Waals surface area contributed by atoms with E-state index >= 15 is 0 Å². The highest BCUT2D eigenvalue weighted by Crippen LogP contribution is 2.09. The van der Waals surface area contributed by atoms with Gasteiger partial charge in [-0.3, -0.25) is 14.3 Å². The molecule has 0 saturated carbocycles. The van der Waals surface area contributed by atoms with Crippen LogP contribution in [0.4, 0.5) is 0 Å². The van der Waals surface area contributed by atoms with Crippen LogP contribution < -0.4 is 10.9 Å². The van der Waals surface area contributed by atoms with E-state index in [2.05, 4.69) is 20.6 Å². The minimum atomic E-state index is -0.745. The molecule has 0 aliphatic heterocycles. The van der Waals surface area contributed by atoms with E-state index in [4.69, 9.17) is 0 Å². The molecule has 9 heteroatoms. The number of nitrogens with zero attached hydrogens (tertiary/aromatic N) is 6. The molecule has 9 nitrogen and oxygen atoms in total. The van der Waals surface area contributed by atoms with Gasteiger partial charge in [0, 0.05) is 24.0 Å². The summed E-state index contributed by atoms with van der Waals surface area (Å²) in [6.07, 6.45) is 0. The van der Waals surface area contributed by atoms with Gasteiger partial charge in [0.25, 0.3) is 5.56 Å². The Balaban J connectivity index is 1.72. The second-order valence-electron chi connectivity index (χ2n) is 6.93. The standard InChI is InChI=1S/C19H25N7O2/c1-12-10-14(3)24(21-12)9-8-20-19(28)16(5)26-18(27)7-6-17(23-26)25-15(4)11-13(2)22-25/h6-7,10-11,16H,8-9H2,1-5H3,(H,20,28). The molecular weight excluding hydrogens is 358 g/mol. The van der Waals surface area contributed by atoms with Crippen LogP contribution >= 0.6 is 0 Å². The molecule has 28 heavy (non-hydrogen) atoms. The quantitative estimate of drug-likeness (QED) is 0.690. The van der Waals surface area contributed by atoms with E-state index in [-0.39, 0.29) is 11.5 Å². The third kappa shape index (κ3) is 4.03. The van der Waals surface area contributed by atoms with Crippen molar-refractivity contribution in [2.24, 2.45) is 0 Å². The van der Waals surface area contributed by atoms with E-state index in [1.807, 2.05) is 44.5 Å². The Hall–Kier alpha value is -3.23. The highest BCUT2D eigenvalue weighted by Gasteiger charge is 2.18. The van der Waals surface area contributed by atoms with E-state index in [0.717, 1.165) is 22.8 Å². The lowest BCUT2D eigenvalue weighted by atomic mass is 10.3. The topological polar surface area (TPSA) is 99.6 Å². The number of amides is 1. The van der Waals surface area contributed by atoms with Crippen molar-refractivity contribution in [2.45, 2.75) is 47.2 Å². The number of hydrogen-bond acceptors (Lipinski definition) is 5. The molecule has 3 aromatic heterocycles. The van der Waals surface area contributed by atoms with Crippen LogP contribution in [0.2, 0.25) is 0 Å². The van der Waals surface area contributed by atoms with Crippen LogP contribution in [0.1, 0.15) is 35.7 Å². The predicted molar refractivity (Wildman–Crippen MR) is 105 cm³/mol. The first-order valence-corrected chi connectivity index (χ1v) is 9.18. The molecule has 3 rings (SSSR count). The maximum atomic E-state index is 12.5. The van der Waals surface area contributed by atoms with E-state index in [0.29, 0.717) is 18.9 Å². The average molecular weight is 383 g/mol. The zero-order chi connectivity index (χ0) is 20.4. The molecule has 1 atom stereocenters. The Labute approximate surface area is 163 Å². The molecule has 0 aliphatic rings. The van der Waals surface area contributed by atoms with Crippen LogP contribution in [0.25, 0.3) is 5.82 Å². The normalized spacial score (nSPS) is 12.2. The molecule has 0 bridgehead atoms. The first-order chi connectivity index (χ1) is 13.3. The maximum absolute atomic E-state index is 12.5. The monoisotopic (exact) mass is 383 g/mol. The Morgan fingerprint density at radius 2 is 1.71 bits per heavy atom. The molecule has 3 aromatic rings. The van der Waals surface area contributed by atoms with Crippen molar-refractivity contribution in [3.63, 3.8) is 0 Å². The zero-order valence-corrected chi connectivity index (χ0v) is 16.8. The van der Waals surface area contributed by atoms with Crippen LogP contribution in [-0.4, -0.2) is 41.8 Å². The van der Waals surface area contributed by atoms with Gasteiger partial charge in [-0.1, -0.05) is 0 Å². The Morgan fingerprint density at radius 3 is 2.32 bits per heavy atom. The summed E-state index contributed by atoms with van der Waals surface area (Å²) in [4.78, 5) is 24.8. The maximum Gasteiger partial charge on any atom is 0.267 e. The summed E-state index contributed by atoms with van der Waals surface area (Å²) in [6.45, 7) is 10.3. The molecule has 0 saturated heterocycles. The second-order valence-corrected chi connectivity index (χ2v) is 6.93. The van der Waals surface area contributed by atoms with Crippen LogP contribution in [-0.2, 0) is 11.3 Å². The average Bonchev–Trinajstić information content (AvgIpc) is 3.14. The SMILES string of the molecule is Cc1cc(C)n(CCNC(=O)C(C)n2nc(-n3nc(C)cc3C)ccc2=O)n1. The van der Waals surface area contributed by atoms with Crippen molar-refractivity contribution in [3.8, 4) is 5.82 Å². The summed E-state index contributed by atoms with van der Waals surface area (Å²) in [6, 6.07) is 6.17. The van der Waals surface area contributed by atoms with Crippen molar-refractivity contribution in [1.29, 1.82) is 0 Å². The number of rotatable bonds is 6. The van der Waals surface area contributed by atoms with Crippen molar-refractivity contribution in [1.82, 2.24) is 34.7 Å². The van der Waals surface area contributed by atoms with Crippen LogP contribution in [0.15, 0.2) is 29.1 Å². The Kier molecular flexibility index (Phi) is 5.43. The highest BCUT2D eigenvalue weighted by atomic mass is 16.2. The lowest BCUT2D eigenvalue weighted by molar-refractivity contribution is -0.124. The van der Waals surface area contributed by atoms with Gasteiger partial charge in [-0.25, -0.2) is 9.36 Å². The summed E-state index contributed by atoms with van der Waals surface area (Å²) in [7, 11) is 0. The Morgan fingerprint density at radius 1 is 1.04 bits per heavy atom. The van der Waals surface area contributed by atoms with E-state index in [1.54, 1.807) is 17.7 Å². The van der Waals surface area contributed by atoms with Crippen molar-refractivity contribution < 1.29 is 4.79 Å². The van der Waals surface area contributed by atoms with Crippen LogP contribution in [0.5, 0.6) is 0 Å². The first-order valence-electron chi connectivity index (χ1n) is 9.18. The molecule has 0 aromatic carbocycles. The zero-order valence-electron chi connectivity index (χ0n) is 16.8. The van der Waals surface area contributed by atoms with Crippen LogP contribution in [0.3, 0.4) is 0 Å². The van der Waals surface area contributed by atoms with E-state index in [1.165, 1.54) is 10.7 Å². The number of carbonyl (C=O) groups excluding carboxylic acids is 1. The number of hydrogen-bond donors (Lipinski definition) is 1. The molecular formula is C19H25N7O2. The van der Waals surface area contributed by atoms with Gasteiger partial charge in [0.1, 0.15) is 6.04 Å². The fraction of sp³-hybridized carbons (Fsp3) is 0.421. The molecule has 1 unspecified atom stereocenters. The lowest BCUT2D eigenvalue weighted by Crippen LogP contribution is -2.38. The van der Waals surface area contributed by atoms with Gasteiger partial charge < -0.3 is 5.32 Å². The largest absolute Gasteiger partial charge is 0.352 e.